The van der Waals surface area contributed by atoms with Crippen molar-refractivity contribution < 1.29 is 10.0 Å². The van der Waals surface area contributed by atoms with Crippen molar-refractivity contribution in [3.8, 4) is 0 Å². The number of carbonyl (C=O) groups is 1. The number of nitrogens with two attached hydrogens (primary N) is 1. The number of fused-ring (bicyclic) bond motifs is 1. The fraction of sp³-hybridized carbons (Fsp3) is 0.529. The van der Waals surface area contributed by atoms with Crippen LogP contribution in [0.15, 0.2) is 24.3 Å². The minimum Gasteiger partial charge on any atom is -0.325 e. The van der Waals surface area contributed by atoms with Gasteiger partial charge in [-0.2, -0.15) is 0 Å². The molecule has 0 radical (unpaired) electrons. The van der Waals surface area contributed by atoms with Crippen molar-refractivity contribution in [2.75, 3.05) is 20.1 Å². The van der Waals surface area contributed by atoms with Crippen molar-refractivity contribution in [1.82, 2.24) is 19.9 Å². The molecule has 130 valence electrons. The average Bonchev–Trinajstić information content (AvgIpc) is 2.98. The van der Waals surface area contributed by atoms with Gasteiger partial charge in [-0.15, -0.1) is 0 Å². The Hall–Kier alpha value is -1.96. The highest BCUT2D eigenvalue weighted by Gasteiger charge is 2.23. The maximum atomic E-state index is 11.4. The Kier molecular flexibility index (Phi) is 5.13. The first-order chi connectivity index (χ1) is 11.6. The van der Waals surface area contributed by atoms with Crippen LogP contribution >= 0.6 is 0 Å². The van der Waals surface area contributed by atoms with Crippen LogP contribution in [0.3, 0.4) is 0 Å². The Balaban J connectivity index is 1.86. The number of likely N-dealkylation sites (tertiary alicyclic amines) is 1. The molecular formula is C17H25N5O2. The molecule has 3 rings (SSSR count). The zero-order chi connectivity index (χ0) is 17.1. The molecule has 1 aliphatic heterocycles. The van der Waals surface area contributed by atoms with Gasteiger partial charge in [-0.25, -0.2) is 10.5 Å². The van der Waals surface area contributed by atoms with Gasteiger partial charge in [0.15, 0.2) is 0 Å². The van der Waals surface area contributed by atoms with Crippen LogP contribution in [-0.2, 0) is 11.2 Å². The first-order valence-electron chi connectivity index (χ1n) is 8.44. The molecule has 1 fully saturated rings. The number of rotatable bonds is 5. The Morgan fingerprint density at radius 2 is 2.12 bits per heavy atom. The third-order valence-corrected chi connectivity index (χ3v) is 4.85. The summed E-state index contributed by atoms with van der Waals surface area (Å²) in [4.78, 5) is 18.5. The summed E-state index contributed by atoms with van der Waals surface area (Å²) in [6.45, 7) is 2.14. The number of aromatic nitrogens is 2. The first-order valence-corrected chi connectivity index (χ1v) is 8.44. The van der Waals surface area contributed by atoms with Crippen molar-refractivity contribution >= 4 is 16.9 Å². The van der Waals surface area contributed by atoms with Crippen molar-refractivity contribution in [2.45, 2.75) is 37.8 Å². The third kappa shape index (κ3) is 3.43. The van der Waals surface area contributed by atoms with Crippen LogP contribution in [0.1, 0.15) is 31.1 Å². The minimum atomic E-state index is -0.735. The SMILES string of the molecule is CN1CCC(n2c(CCC(N)C(=O)NO)nc3ccccc32)CC1. The van der Waals surface area contributed by atoms with Crippen LogP contribution in [0.25, 0.3) is 11.0 Å². The monoisotopic (exact) mass is 331 g/mol. The molecule has 2 aromatic rings. The molecule has 0 saturated carbocycles. The van der Waals surface area contributed by atoms with Crippen molar-refractivity contribution in [3.63, 3.8) is 0 Å². The topological polar surface area (TPSA) is 96.4 Å². The van der Waals surface area contributed by atoms with Gasteiger partial charge in [-0.3, -0.25) is 10.0 Å². The van der Waals surface area contributed by atoms with E-state index in [2.05, 4.69) is 22.6 Å². The number of imidazole rings is 1. The van der Waals surface area contributed by atoms with Gasteiger partial charge in [0.2, 0.25) is 0 Å². The van der Waals surface area contributed by atoms with E-state index in [9.17, 15) is 4.79 Å². The number of carbonyl (C=O) groups excluding carboxylic acids is 1. The molecule has 1 saturated heterocycles. The predicted molar refractivity (Wildman–Crippen MR) is 91.7 cm³/mol. The summed E-state index contributed by atoms with van der Waals surface area (Å²) in [6.07, 6.45) is 3.23. The molecule has 1 unspecified atom stereocenters. The van der Waals surface area contributed by atoms with E-state index in [1.54, 1.807) is 5.48 Å². The molecule has 1 aliphatic rings. The molecule has 1 amide bonds. The maximum Gasteiger partial charge on any atom is 0.260 e. The molecule has 2 heterocycles. The molecule has 0 aliphatic carbocycles. The minimum absolute atomic E-state index is 0.423. The van der Waals surface area contributed by atoms with Gasteiger partial charge in [0.05, 0.1) is 17.1 Å². The number of hydrogen-bond acceptors (Lipinski definition) is 5. The Labute approximate surface area is 141 Å². The average molecular weight is 331 g/mol. The lowest BCUT2D eigenvalue weighted by Gasteiger charge is -2.31. The van der Waals surface area contributed by atoms with Gasteiger partial charge in [0.1, 0.15) is 5.82 Å². The number of hydrogen-bond donors (Lipinski definition) is 3. The van der Waals surface area contributed by atoms with E-state index in [0.717, 1.165) is 42.8 Å². The van der Waals surface area contributed by atoms with Gasteiger partial charge in [-0.1, -0.05) is 12.1 Å². The summed E-state index contributed by atoms with van der Waals surface area (Å²) in [5.41, 5.74) is 9.53. The Morgan fingerprint density at radius 1 is 1.42 bits per heavy atom. The number of para-hydroxylation sites is 2. The molecule has 7 nitrogen and oxygen atoms in total. The Bertz CT molecular complexity index is 706. The standard InChI is InChI=1S/C17H25N5O2/c1-21-10-8-12(9-11-21)22-15-5-3-2-4-14(15)19-16(22)7-6-13(18)17(23)20-24/h2-5,12-13,24H,6-11,18H2,1H3,(H,20,23). The number of aryl methyl sites for hydroxylation is 1. The zero-order valence-corrected chi connectivity index (χ0v) is 14.0. The smallest absolute Gasteiger partial charge is 0.260 e. The molecule has 0 bridgehead atoms. The van der Waals surface area contributed by atoms with Crippen LogP contribution in [0.4, 0.5) is 0 Å². The van der Waals surface area contributed by atoms with E-state index >= 15 is 0 Å². The van der Waals surface area contributed by atoms with E-state index in [1.165, 1.54) is 0 Å². The number of benzene rings is 1. The van der Waals surface area contributed by atoms with E-state index < -0.39 is 11.9 Å². The number of nitrogens with zero attached hydrogens (tertiary/aromatic N) is 3. The fourth-order valence-electron chi connectivity index (χ4n) is 3.43. The normalized spacial score (nSPS) is 18.0. The summed E-state index contributed by atoms with van der Waals surface area (Å²) < 4.78 is 2.33. The van der Waals surface area contributed by atoms with Crippen molar-refractivity contribution in [1.29, 1.82) is 0 Å². The van der Waals surface area contributed by atoms with Crippen LogP contribution in [0, 0.1) is 0 Å². The lowest BCUT2D eigenvalue weighted by Crippen LogP contribution is -2.39. The van der Waals surface area contributed by atoms with Crippen LogP contribution in [-0.4, -0.2) is 51.7 Å². The predicted octanol–water partition coefficient (Wildman–Crippen LogP) is 1.07. The third-order valence-electron chi connectivity index (χ3n) is 4.85. The molecule has 1 aromatic heterocycles. The molecule has 7 heteroatoms. The fourth-order valence-corrected chi connectivity index (χ4v) is 3.43. The largest absolute Gasteiger partial charge is 0.325 e. The highest BCUT2D eigenvalue weighted by molar-refractivity contribution is 5.80. The second-order valence-electron chi connectivity index (χ2n) is 6.54. The zero-order valence-electron chi connectivity index (χ0n) is 14.0. The summed E-state index contributed by atoms with van der Waals surface area (Å²) in [6, 6.07) is 7.83. The number of nitrogens with one attached hydrogen (secondary N) is 1. The van der Waals surface area contributed by atoms with Gasteiger partial charge in [0, 0.05) is 12.5 Å². The van der Waals surface area contributed by atoms with E-state index in [1.807, 2.05) is 18.2 Å². The van der Waals surface area contributed by atoms with E-state index in [4.69, 9.17) is 15.9 Å². The summed E-state index contributed by atoms with van der Waals surface area (Å²) >= 11 is 0. The number of hydroxylamine groups is 1. The van der Waals surface area contributed by atoms with Gasteiger partial charge in [-0.05, 0) is 51.5 Å². The van der Waals surface area contributed by atoms with Crippen molar-refractivity contribution in [3.05, 3.63) is 30.1 Å². The quantitative estimate of drug-likeness (QED) is 0.562. The number of piperidine rings is 1. The van der Waals surface area contributed by atoms with E-state index in [-0.39, 0.29) is 0 Å². The summed E-state index contributed by atoms with van der Waals surface area (Å²) in [7, 11) is 2.15. The molecule has 4 N–H and O–H groups in total. The molecule has 1 aromatic carbocycles. The summed E-state index contributed by atoms with van der Waals surface area (Å²) in [5.74, 6) is 0.406. The van der Waals surface area contributed by atoms with Gasteiger partial charge >= 0.3 is 0 Å². The van der Waals surface area contributed by atoms with Crippen molar-refractivity contribution in [2.24, 2.45) is 5.73 Å². The van der Waals surface area contributed by atoms with Gasteiger partial charge < -0.3 is 15.2 Å². The lowest BCUT2D eigenvalue weighted by atomic mass is 10.0. The maximum absolute atomic E-state index is 11.4. The second kappa shape index (κ2) is 7.29. The first kappa shape index (κ1) is 16.9. The van der Waals surface area contributed by atoms with Crippen LogP contribution in [0.5, 0.6) is 0 Å². The van der Waals surface area contributed by atoms with Crippen LogP contribution in [0.2, 0.25) is 0 Å². The van der Waals surface area contributed by atoms with Crippen LogP contribution < -0.4 is 11.2 Å². The molecule has 24 heavy (non-hydrogen) atoms. The van der Waals surface area contributed by atoms with E-state index in [0.29, 0.717) is 18.9 Å². The number of amides is 1. The van der Waals surface area contributed by atoms with Gasteiger partial charge in [0.25, 0.3) is 5.91 Å². The molecule has 1 atom stereocenters. The molecular weight excluding hydrogens is 306 g/mol. The summed E-state index contributed by atoms with van der Waals surface area (Å²) in [5, 5.41) is 8.70. The molecule has 0 spiro atoms. The highest BCUT2D eigenvalue weighted by Crippen LogP contribution is 2.29. The lowest BCUT2D eigenvalue weighted by molar-refractivity contribution is -0.130. The highest BCUT2D eigenvalue weighted by atomic mass is 16.5. The second-order valence-corrected chi connectivity index (χ2v) is 6.54. The Morgan fingerprint density at radius 3 is 2.83 bits per heavy atom.